The lowest BCUT2D eigenvalue weighted by molar-refractivity contribution is 0.435. The van der Waals surface area contributed by atoms with Crippen LogP contribution in [-0.4, -0.2) is 21.8 Å². The molecule has 0 heterocycles. The van der Waals surface area contributed by atoms with Gasteiger partial charge in [-0.2, -0.15) is 8.42 Å². The highest BCUT2D eigenvalue weighted by molar-refractivity contribution is 7.80. The van der Waals surface area contributed by atoms with E-state index in [-0.39, 0.29) is 8.80 Å². The fourth-order valence-corrected chi connectivity index (χ4v) is 2.25. The van der Waals surface area contributed by atoms with Gasteiger partial charge in [0.25, 0.3) is 0 Å². The Balaban J connectivity index is 0. The minimum absolute atomic E-state index is 0.137. The zero-order chi connectivity index (χ0) is 10.2. The highest BCUT2D eigenvalue weighted by atomic mass is 32.3. The van der Waals surface area contributed by atoms with Crippen LogP contribution in [0.25, 0.3) is 0 Å². The Kier molecular flexibility index (Phi) is 9.34. The van der Waals surface area contributed by atoms with E-state index in [2.05, 4.69) is 20.8 Å². The van der Waals surface area contributed by atoms with Crippen molar-refractivity contribution in [2.24, 2.45) is 0 Å². The van der Waals surface area contributed by atoms with Crippen LogP contribution < -0.4 is 0 Å². The van der Waals surface area contributed by atoms with Crippen molar-refractivity contribution in [3.8, 4) is 0 Å². The molecule has 3 nitrogen and oxygen atoms in total. The van der Waals surface area contributed by atoms with Gasteiger partial charge >= 0.3 is 10.5 Å². The summed E-state index contributed by atoms with van der Waals surface area (Å²) in [6.45, 7) is 6.92. The summed E-state index contributed by atoms with van der Waals surface area (Å²) in [4.78, 5) is 0. The van der Waals surface area contributed by atoms with Crippen molar-refractivity contribution in [3.05, 3.63) is 0 Å². The van der Waals surface area contributed by atoms with Gasteiger partial charge in [0.15, 0.2) is 0 Å². The Bertz CT molecular complexity index is 164. The Hall–Kier alpha value is 0.0569. The molecule has 1 radical (unpaired) electrons. The lowest BCUT2D eigenvalue weighted by Gasteiger charge is -2.02. The van der Waals surface area contributed by atoms with E-state index in [1.54, 1.807) is 0 Å². The Morgan fingerprint density at radius 2 is 1.33 bits per heavy atom. The van der Waals surface area contributed by atoms with E-state index in [4.69, 9.17) is 13.0 Å². The van der Waals surface area contributed by atoms with Gasteiger partial charge in [0, 0.05) is 8.80 Å². The molecule has 0 aromatic heterocycles. The second-order valence-corrected chi connectivity index (χ2v) is 6.67. The summed E-state index contributed by atoms with van der Waals surface area (Å²) in [6.07, 6.45) is 0. The van der Waals surface area contributed by atoms with E-state index in [1.807, 2.05) is 0 Å². The molecule has 0 aliphatic heterocycles. The third-order valence-electron chi connectivity index (χ3n) is 1.50. The van der Waals surface area contributed by atoms with Crippen LogP contribution in [-0.2, 0) is 10.5 Å². The summed E-state index contributed by atoms with van der Waals surface area (Å²) in [6, 6.07) is 4.37. The van der Waals surface area contributed by atoms with Crippen LogP contribution in [0.5, 0.6) is 0 Å². The summed E-state index contributed by atoms with van der Waals surface area (Å²) in [5.74, 6) is 0. The second kappa shape index (κ2) is 7.69. The summed E-state index contributed by atoms with van der Waals surface area (Å²) >= 11 is 0. The fourth-order valence-electron chi connectivity index (χ4n) is 0.750. The maximum Gasteiger partial charge on any atom is 0.435 e. The van der Waals surface area contributed by atoms with Crippen molar-refractivity contribution in [2.75, 3.05) is 0 Å². The van der Waals surface area contributed by atoms with Gasteiger partial charge in [0.05, 0.1) is 0 Å². The van der Waals surface area contributed by atoms with Gasteiger partial charge in [-0.15, -0.1) is 0 Å². The largest absolute Gasteiger partial charge is 0.435 e. The van der Waals surface area contributed by atoms with Crippen LogP contribution >= 0.6 is 0 Å². The van der Waals surface area contributed by atoms with Gasteiger partial charge in [-0.3, -0.25) is 4.55 Å². The Morgan fingerprint density at radius 1 is 1.17 bits per heavy atom. The number of hydrogen-bond donors (Lipinski definition) is 1. The SMILES string of the molecule is CC[Si](CC)CC.O=S(=O)(O)F. The average Bonchev–Trinajstić information content (AvgIpc) is 1.88. The minimum atomic E-state index is -5.17. The van der Waals surface area contributed by atoms with E-state index >= 15 is 0 Å². The lowest BCUT2D eigenvalue weighted by Crippen LogP contribution is -2.04. The molecular weight excluding hydrogens is 199 g/mol. The molecule has 0 rings (SSSR count). The quantitative estimate of drug-likeness (QED) is 0.446. The van der Waals surface area contributed by atoms with Gasteiger partial charge < -0.3 is 0 Å². The predicted molar refractivity (Wildman–Crippen MR) is 49.9 cm³/mol. The van der Waals surface area contributed by atoms with E-state index in [0.717, 1.165) is 0 Å². The summed E-state index contributed by atoms with van der Waals surface area (Å²) in [5, 5.41) is 0. The Morgan fingerprint density at radius 3 is 1.33 bits per heavy atom. The summed E-state index contributed by atoms with van der Waals surface area (Å²) < 4.78 is 34.1. The molecule has 0 spiro atoms. The molecule has 0 saturated heterocycles. The first-order chi connectivity index (χ1) is 5.35. The standard InChI is InChI=1S/C6H15Si.FHO3S/c1-4-7(5-2)6-3;1-5(2,3)4/h4-6H2,1-3H3;(H,2,3,4). The molecule has 0 saturated carbocycles. The van der Waals surface area contributed by atoms with E-state index in [0.29, 0.717) is 0 Å². The third kappa shape index (κ3) is 22.5. The molecule has 1 N–H and O–H groups in total. The second-order valence-electron chi connectivity index (χ2n) is 2.22. The molecule has 12 heavy (non-hydrogen) atoms. The van der Waals surface area contributed by atoms with Gasteiger partial charge in [0.1, 0.15) is 0 Å². The average molecular weight is 215 g/mol. The molecule has 6 heteroatoms. The molecule has 0 atom stereocenters. The molecule has 0 aromatic rings. The van der Waals surface area contributed by atoms with Crippen LogP contribution in [0, 0.1) is 0 Å². The maximum absolute atomic E-state index is 10.2. The zero-order valence-electron chi connectivity index (χ0n) is 7.67. The first kappa shape index (κ1) is 14.6. The predicted octanol–water partition coefficient (Wildman–Crippen LogP) is 2.30. The van der Waals surface area contributed by atoms with E-state index in [9.17, 15) is 3.89 Å². The van der Waals surface area contributed by atoms with E-state index < -0.39 is 10.5 Å². The van der Waals surface area contributed by atoms with Crippen LogP contribution in [0.15, 0.2) is 0 Å². The highest BCUT2D eigenvalue weighted by Crippen LogP contribution is 2.01. The van der Waals surface area contributed by atoms with Crippen molar-refractivity contribution in [1.82, 2.24) is 0 Å². The topological polar surface area (TPSA) is 54.4 Å². The van der Waals surface area contributed by atoms with Crippen LogP contribution in [0.2, 0.25) is 18.1 Å². The van der Waals surface area contributed by atoms with Crippen molar-refractivity contribution >= 4 is 19.3 Å². The maximum atomic E-state index is 10.2. The van der Waals surface area contributed by atoms with Crippen LogP contribution in [0.1, 0.15) is 20.8 Å². The fraction of sp³-hybridized carbons (Fsp3) is 1.00. The van der Waals surface area contributed by atoms with Gasteiger partial charge in [-0.25, -0.2) is 0 Å². The van der Waals surface area contributed by atoms with Crippen LogP contribution in [0.3, 0.4) is 0 Å². The van der Waals surface area contributed by atoms with Gasteiger partial charge in [-0.1, -0.05) is 42.8 Å². The number of hydrogen-bond acceptors (Lipinski definition) is 2. The van der Waals surface area contributed by atoms with E-state index in [1.165, 1.54) is 18.1 Å². The summed E-state index contributed by atoms with van der Waals surface area (Å²) in [7, 11) is -5.03. The zero-order valence-corrected chi connectivity index (χ0v) is 9.49. The molecule has 0 amide bonds. The number of rotatable bonds is 3. The number of halogens is 1. The van der Waals surface area contributed by atoms with Crippen molar-refractivity contribution in [1.29, 1.82) is 0 Å². The van der Waals surface area contributed by atoms with Gasteiger partial charge in [-0.05, 0) is 0 Å². The molecule has 0 bridgehead atoms. The minimum Gasteiger partial charge on any atom is -0.260 e. The molecule has 0 aliphatic rings. The molecule has 0 aromatic carbocycles. The molecule has 75 valence electrons. The van der Waals surface area contributed by atoms with Crippen molar-refractivity contribution in [2.45, 2.75) is 38.9 Å². The Labute approximate surface area is 75.6 Å². The first-order valence-corrected chi connectivity index (χ1v) is 7.31. The van der Waals surface area contributed by atoms with Crippen molar-refractivity contribution < 1.29 is 16.9 Å². The normalized spacial score (nSPS) is 10.8. The molecule has 0 fully saturated rings. The molecular formula is C6H16FO3SSi. The lowest BCUT2D eigenvalue weighted by atomic mass is 10.9. The first-order valence-electron chi connectivity index (χ1n) is 3.85. The van der Waals surface area contributed by atoms with Crippen molar-refractivity contribution in [3.63, 3.8) is 0 Å². The third-order valence-corrected chi connectivity index (χ3v) is 4.50. The highest BCUT2D eigenvalue weighted by Gasteiger charge is 1.98. The molecule has 0 unspecified atom stereocenters. The molecule has 0 aliphatic carbocycles. The summed E-state index contributed by atoms with van der Waals surface area (Å²) in [5.41, 5.74) is 0. The van der Waals surface area contributed by atoms with Crippen LogP contribution in [0.4, 0.5) is 3.89 Å². The monoisotopic (exact) mass is 215 g/mol. The smallest absolute Gasteiger partial charge is 0.260 e. The van der Waals surface area contributed by atoms with Gasteiger partial charge in [0.2, 0.25) is 0 Å².